The van der Waals surface area contributed by atoms with Crippen LogP contribution in [0.15, 0.2) is 15.9 Å². The third-order valence-electron chi connectivity index (χ3n) is 0.858. The first-order valence-electron chi connectivity index (χ1n) is 2.99. The number of thiazole rings is 1. The topological polar surface area (TPSA) is 33.1 Å². The van der Waals surface area contributed by atoms with Crippen LogP contribution < -0.4 is 0 Å². The quantitative estimate of drug-likeness (QED) is 0.709. The fourth-order valence-electron chi connectivity index (χ4n) is 0.474. The van der Waals surface area contributed by atoms with Gasteiger partial charge in [0.15, 0.2) is 0 Å². The van der Waals surface area contributed by atoms with Crippen molar-refractivity contribution in [3.8, 4) is 0 Å². The maximum Gasteiger partial charge on any atom is 0.149 e. The number of hydrogen-bond donors (Lipinski definition) is 1. The van der Waals surface area contributed by atoms with Crippen molar-refractivity contribution < 1.29 is 5.11 Å². The minimum atomic E-state index is -0.242. The fraction of sp³-hybridized carbons (Fsp3) is 0.500. The molecule has 0 aromatic carbocycles. The summed E-state index contributed by atoms with van der Waals surface area (Å²) in [5, 5.41) is 10.8. The first kappa shape index (κ1) is 8.04. The molecule has 1 atom stereocenters. The van der Waals surface area contributed by atoms with Gasteiger partial charge in [-0.15, -0.1) is 11.3 Å². The van der Waals surface area contributed by atoms with Crippen LogP contribution in [0.5, 0.6) is 0 Å². The zero-order valence-corrected chi connectivity index (χ0v) is 7.28. The Balaban J connectivity index is 2.28. The second kappa shape index (κ2) is 3.95. The van der Waals surface area contributed by atoms with Gasteiger partial charge in [-0.25, -0.2) is 4.98 Å². The first-order chi connectivity index (χ1) is 4.79. The van der Waals surface area contributed by atoms with E-state index in [1.165, 1.54) is 0 Å². The number of hydrogen-bond acceptors (Lipinski definition) is 4. The molecule has 0 aliphatic carbocycles. The maximum absolute atomic E-state index is 8.91. The monoisotopic (exact) mass is 175 g/mol. The Morgan fingerprint density at radius 1 is 1.90 bits per heavy atom. The summed E-state index contributed by atoms with van der Waals surface area (Å²) in [6, 6.07) is 0. The molecule has 2 nitrogen and oxygen atoms in total. The summed E-state index contributed by atoms with van der Waals surface area (Å²) in [6.07, 6.45) is 1.53. The van der Waals surface area contributed by atoms with Crippen LogP contribution in [0, 0.1) is 0 Å². The van der Waals surface area contributed by atoms with Gasteiger partial charge in [-0.05, 0) is 6.92 Å². The molecular formula is C6H9NOS2. The number of thioether (sulfide) groups is 1. The molecule has 0 bridgehead atoms. The van der Waals surface area contributed by atoms with Gasteiger partial charge in [-0.1, -0.05) is 11.8 Å². The van der Waals surface area contributed by atoms with Crippen LogP contribution >= 0.6 is 23.1 Å². The van der Waals surface area contributed by atoms with Crippen molar-refractivity contribution in [3.63, 3.8) is 0 Å². The molecule has 0 amide bonds. The van der Waals surface area contributed by atoms with E-state index < -0.39 is 0 Å². The molecule has 1 aromatic heterocycles. The van der Waals surface area contributed by atoms with Crippen LogP contribution in [0.4, 0.5) is 0 Å². The lowest BCUT2D eigenvalue weighted by molar-refractivity contribution is 0.220. The third kappa shape index (κ3) is 2.68. The van der Waals surface area contributed by atoms with Crippen LogP contribution in [-0.2, 0) is 0 Å². The zero-order chi connectivity index (χ0) is 7.40. The second-order valence-corrected chi connectivity index (χ2v) is 4.12. The van der Waals surface area contributed by atoms with Crippen molar-refractivity contribution in [2.24, 2.45) is 0 Å². The Morgan fingerprint density at radius 2 is 2.70 bits per heavy atom. The SMILES string of the molecule is C[C@H](O)CSc1nccs1. The van der Waals surface area contributed by atoms with Gasteiger partial charge in [0.05, 0.1) is 6.10 Å². The molecule has 0 saturated heterocycles. The highest BCUT2D eigenvalue weighted by atomic mass is 32.2. The highest BCUT2D eigenvalue weighted by Crippen LogP contribution is 2.20. The van der Waals surface area contributed by atoms with Crippen LogP contribution in [0.2, 0.25) is 0 Å². The van der Waals surface area contributed by atoms with E-state index in [0.29, 0.717) is 0 Å². The van der Waals surface area contributed by atoms with Gasteiger partial charge in [0.25, 0.3) is 0 Å². The van der Waals surface area contributed by atoms with Gasteiger partial charge in [0, 0.05) is 17.3 Å². The molecule has 1 heterocycles. The number of aliphatic hydroxyl groups is 1. The fourth-order valence-corrected chi connectivity index (χ4v) is 2.00. The smallest absolute Gasteiger partial charge is 0.149 e. The predicted octanol–water partition coefficient (Wildman–Crippen LogP) is 1.62. The van der Waals surface area contributed by atoms with Crippen molar-refractivity contribution in [1.82, 2.24) is 4.98 Å². The van der Waals surface area contributed by atoms with Crippen molar-refractivity contribution >= 4 is 23.1 Å². The standard InChI is InChI=1S/C6H9NOS2/c1-5(8)4-10-6-7-2-3-9-6/h2-3,5,8H,4H2,1H3/t5-/m0/s1. The summed E-state index contributed by atoms with van der Waals surface area (Å²) in [7, 11) is 0. The van der Waals surface area contributed by atoms with E-state index >= 15 is 0 Å². The molecule has 0 radical (unpaired) electrons. The number of rotatable bonds is 3. The molecule has 0 aliphatic heterocycles. The van der Waals surface area contributed by atoms with E-state index in [4.69, 9.17) is 5.11 Å². The number of nitrogens with zero attached hydrogens (tertiary/aromatic N) is 1. The summed E-state index contributed by atoms with van der Waals surface area (Å²) in [5.74, 6) is 0.730. The molecule has 1 N–H and O–H groups in total. The van der Waals surface area contributed by atoms with Crippen molar-refractivity contribution in [2.75, 3.05) is 5.75 Å². The summed E-state index contributed by atoms with van der Waals surface area (Å²) >= 11 is 3.20. The van der Waals surface area contributed by atoms with Crippen LogP contribution in [0.3, 0.4) is 0 Å². The van der Waals surface area contributed by atoms with Crippen molar-refractivity contribution in [2.45, 2.75) is 17.4 Å². The molecule has 0 fully saturated rings. The van der Waals surface area contributed by atoms with Crippen LogP contribution in [0.1, 0.15) is 6.92 Å². The molecule has 4 heteroatoms. The molecule has 56 valence electrons. The zero-order valence-electron chi connectivity index (χ0n) is 5.65. The number of aromatic nitrogens is 1. The highest BCUT2D eigenvalue weighted by Gasteiger charge is 1.98. The minimum Gasteiger partial charge on any atom is -0.393 e. The van der Waals surface area contributed by atoms with Crippen LogP contribution in [-0.4, -0.2) is 21.9 Å². The van der Waals surface area contributed by atoms with Gasteiger partial charge in [0.1, 0.15) is 4.34 Å². The molecule has 0 aliphatic rings. The average Bonchev–Trinajstić information content (AvgIpc) is 2.34. The lowest BCUT2D eigenvalue weighted by Crippen LogP contribution is -2.01. The van der Waals surface area contributed by atoms with Crippen molar-refractivity contribution in [1.29, 1.82) is 0 Å². The van der Waals surface area contributed by atoms with Crippen LogP contribution in [0.25, 0.3) is 0 Å². The molecule has 1 aromatic rings. The molecule has 0 unspecified atom stereocenters. The van der Waals surface area contributed by atoms with E-state index in [9.17, 15) is 0 Å². The van der Waals surface area contributed by atoms with E-state index in [-0.39, 0.29) is 6.10 Å². The van der Waals surface area contributed by atoms with E-state index in [1.54, 1.807) is 36.2 Å². The Kier molecular flexibility index (Phi) is 3.18. The molecule has 10 heavy (non-hydrogen) atoms. The molecule has 1 rings (SSSR count). The third-order valence-corrected chi connectivity index (χ3v) is 3.07. The number of aliphatic hydroxyl groups excluding tert-OH is 1. The Labute approximate surface area is 68.3 Å². The largest absolute Gasteiger partial charge is 0.393 e. The normalized spacial score (nSPS) is 13.4. The van der Waals surface area contributed by atoms with Gasteiger partial charge in [-0.2, -0.15) is 0 Å². The summed E-state index contributed by atoms with van der Waals surface area (Å²) < 4.78 is 1.03. The minimum absolute atomic E-state index is 0.242. The van der Waals surface area contributed by atoms with Gasteiger partial charge >= 0.3 is 0 Å². The highest BCUT2D eigenvalue weighted by molar-refractivity contribution is 8.01. The summed E-state index contributed by atoms with van der Waals surface area (Å²) in [4.78, 5) is 4.06. The lowest BCUT2D eigenvalue weighted by Gasteiger charge is -1.98. The maximum atomic E-state index is 8.91. The predicted molar refractivity (Wildman–Crippen MR) is 44.5 cm³/mol. The Hall–Kier alpha value is -0.0600. The van der Waals surface area contributed by atoms with E-state index in [0.717, 1.165) is 10.1 Å². The van der Waals surface area contributed by atoms with Gasteiger partial charge in [-0.3, -0.25) is 0 Å². The molecule has 0 saturated carbocycles. The lowest BCUT2D eigenvalue weighted by atomic mass is 10.5. The molecule has 0 spiro atoms. The van der Waals surface area contributed by atoms with E-state index in [1.807, 2.05) is 5.38 Å². The van der Waals surface area contributed by atoms with E-state index in [2.05, 4.69) is 4.98 Å². The average molecular weight is 175 g/mol. The Morgan fingerprint density at radius 3 is 3.20 bits per heavy atom. The van der Waals surface area contributed by atoms with Crippen molar-refractivity contribution in [3.05, 3.63) is 11.6 Å². The van der Waals surface area contributed by atoms with Gasteiger partial charge in [0.2, 0.25) is 0 Å². The Bertz CT molecular complexity index is 174. The summed E-state index contributed by atoms with van der Waals surface area (Å²) in [5.41, 5.74) is 0. The van der Waals surface area contributed by atoms with Gasteiger partial charge < -0.3 is 5.11 Å². The second-order valence-electron chi connectivity index (χ2n) is 1.96. The molecular weight excluding hydrogens is 166 g/mol. The first-order valence-corrected chi connectivity index (χ1v) is 4.86. The summed E-state index contributed by atoms with van der Waals surface area (Å²) in [6.45, 7) is 1.78.